The van der Waals surface area contributed by atoms with E-state index in [0.717, 1.165) is 52.5 Å². The fraction of sp³-hybridized carbons (Fsp3) is 0.400. The van der Waals surface area contributed by atoms with Crippen LogP contribution >= 0.6 is 35.6 Å². The van der Waals surface area contributed by atoms with Crippen LogP contribution in [-0.2, 0) is 12.3 Å². The Kier molecular flexibility index (Phi) is 5.88. The molecule has 1 aliphatic heterocycles. The van der Waals surface area contributed by atoms with Gasteiger partial charge in [0.1, 0.15) is 4.32 Å². The summed E-state index contributed by atoms with van der Waals surface area (Å²) in [4.78, 5) is 2.24. The zero-order valence-corrected chi connectivity index (χ0v) is 15.0. The summed E-state index contributed by atoms with van der Waals surface area (Å²) in [5, 5.41) is 12.5. The molecule has 1 N–H and O–H groups in total. The number of piperazine rings is 1. The second kappa shape index (κ2) is 8.10. The molecule has 1 aliphatic rings. The van der Waals surface area contributed by atoms with Gasteiger partial charge in [-0.3, -0.25) is 0 Å². The highest BCUT2D eigenvalue weighted by Crippen LogP contribution is 2.18. The molecule has 1 aromatic heterocycles. The first-order valence-corrected chi connectivity index (χ1v) is 9.24. The van der Waals surface area contributed by atoms with Crippen molar-refractivity contribution in [3.05, 3.63) is 46.7 Å². The first-order chi connectivity index (χ1) is 11.2. The third-order valence-corrected chi connectivity index (χ3v) is 5.52. The van der Waals surface area contributed by atoms with Crippen molar-refractivity contribution < 1.29 is 0 Å². The predicted octanol–water partition coefficient (Wildman–Crippen LogP) is 2.40. The average Bonchev–Trinajstić information content (AvgIpc) is 3.03. The van der Waals surface area contributed by atoms with Crippen LogP contribution in [0.5, 0.6) is 0 Å². The van der Waals surface area contributed by atoms with E-state index in [0.29, 0.717) is 6.54 Å². The van der Waals surface area contributed by atoms with E-state index in [-0.39, 0.29) is 0 Å². The van der Waals surface area contributed by atoms with Crippen molar-refractivity contribution in [2.24, 2.45) is 0 Å². The van der Waals surface area contributed by atoms with Crippen molar-refractivity contribution in [1.29, 1.82) is 0 Å². The highest BCUT2D eigenvalue weighted by molar-refractivity contribution is 8.22. The topological polar surface area (TPSA) is 46.0 Å². The summed E-state index contributed by atoms with van der Waals surface area (Å²) in [6.07, 6.45) is 1.96. The third kappa shape index (κ3) is 4.67. The molecule has 1 fully saturated rings. The molecule has 0 amide bonds. The van der Waals surface area contributed by atoms with Gasteiger partial charge in [0.05, 0.1) is 12.2 Å². The number of rotatable bonds is 4. The minimum Gasteiger partial charge on any atom is -0.355 e. The van der Waals surface area contributed by atoms with Gasteiger partial charge in [0.2, 0.25) is 0 Å². The summed E-state index contributed by atoms with van der Waals surface area (Å²) in [5.41, 5.74) is 1.97. The number of nitrogens with one attached hydrogen (secondary N) is 1. The number of benzene rings is 1. The highest BCUT2D eigenvalue weighted by Gasteiger charge is 2.14. The Morgan fingerprint density at radius 1 is 1.30 bits per heavy atom. The van der Waals surface area contributed by atoms with Crippen LogP contribution in [0.4, 0.5) is 0 Å². The molecule has 0 aliphatic carbocycles. The van der Waals surface area contributed by atoms with Gasteiger partial charge in [-0.15, -0.1) is 5.10 Å². The zero-order valence-electron chi connectivity index (χ0n) is 12.6. The zero-order chi connectivity index (χ0) is 16.1. The Balaban J connectivity index is 1.53. The van der Waals surface area contributed by atoms with Gasteiger partial charge in [0.15, 0.2) is 0 Å². The predicted molar refractivity (Wildman–Crippen MR) is 98.9 cm³/mol. The molecular weight excluding hydrogens is 350 g/mol. The monoisotopic (exact) mass is 367 g/mol. The second-order valence-corrected chi connectivity index (χ2v) is 7.31. The lowest BCUT2D eigenvalue weighted by molar-refractivity contribution is 0.368. The Labute approximate surface area is 150 Å². The molecule has 0 saturated carbocycles. The second-order valence-electron chi connectivity index (χ2n) is 5.29. The molecule has 23 heavy (non-hydrogen) atoms. The van der Waals surface area contributed by atoms with Gasteiger partial charge in [-0.1, -0.05) is 59.0 Å². The van der Waals surface area contributed by atoms with Crippen LogP contribution in [0.2, 0.25) is 5.02 Å². The molecule has 122 valence electrons. The molecule has 1 saturated heterocycles. The highest BCUT2D eigenvalue weighted by atomic mass is 35.5. The Bertz CT molecular complexity index is 669. The van der Waals surface area contributed by atoms with Crippen molar-refractivity contribution >= 4 is 39.9 Å². The van der Waals surface area contributed by atoms with Crippen LogP contribution in [0.25, 0.3) is 0 Å². The summed E-state index contributed by atoms with van der Waals surface area (Å²) in [6.45, 7) is 4.57. The molecule has 2 aromatic rings. The van der Waals surface area contributed by atoms with Crippen LogP contribution in [0.1, 0.15) is 11.3 Å². The van der Waals surface area contributed by atoms with Crippen molar-refractivity contribution in [2.75, 3.05) is 26.2 Å². The maximum absolute atomic E-state index is 6.18. The van der Waals surface area contributed by atoms with Crippen molar-refractivity contribution in [1.82, 2.24) is 25.2 Å². The van der Waals surface area contributed by atoms with E-state index in [1.807, 2.05) is 35.1 Å². The number of thiocarbonyl (C=S) groups is 1. The van der Waals surface area contributed by atoms with Crippen molar-refractivity contribution in [2.45, 2.75) is 12.3 Å². The molecule has 5 nitrogen and oxygen atoms in total. The van der Waals surface area contributed by atoms with Crippen molar-refractivity contribution in [3.63, 3.8) is 0 Å². The summed E-state index contributed by atoms with van der Waals surface area (Å²) < 4.78 is 2.75. The molecule has 0 spiro atoms. The van der Waals surface area contributed by atoms with Crippen LogP contribution in [0.15, 0.2) is 30.5 Å². The molecule has 0 unspecified atom stereocenters. The van der Waals surface area contributed by atoms with Gasteiger partial charge in [-0.25, -0.2) is 4.68 Å². The third-order valence-electron chi connectivity index (χ3n) is 3.59. The van der Waals surface area contributed by atoms with Gasteiger partial charge in [0.25, 0.3) is 0 Å². The van der Waals surface area contributed by atoms with Crippen LogP contribution in [0.3, 0.4) is 0 Å². The lowest BCUT2D eigenvalue weighted by atomic mass is 10.2. The van der Waals surface area contributed by atoms with Gasteiger partial charge < -0.3 is 10.2 Å². The maximum Gasteiger partial charge on any atom is 0.136 e. The minimum atomic E-state index is 0.625. The van der Waals surface area contributed by atoms with Gasteiger partial charge in [0, 0.05) is 43.2 Å². The van der Waals surface area contributed by atoms with E-state index >= 15 is 0 Å². The van der Waals surface area contributed by atoms with E-state index in [1.165, 1.54) is 0 Å². The maximum atomic E-state index is 6.18. The smallest absolute Gasteiger partial charge is 0.136 e. The van der Waals surface area contributed by atoms with Crippen LogP contribution < -0.4 is 5.32 Å². The van der Waals surface area contributed by atoms with Gasteiger partial charge in [-0.2, -0.15) is 0 Å². The average molecular weight is 368 g/mol. The number of hydrogen-bond donors (Lipinski definition) is 1. The van der Waals surface area contributed by atoms with E-state index in [2.05, 4.69) is 20.5 Å². The number of nitrogens with zero attached hydrogens (tertiary/aromatic N) is 4. The lowest BCUT2D eigenvalue weighted by Gasteiger charge is -2.28. The fourth-order valence-electron chi connectivity index (χ4n) is 2.36. The fourth-order valence-corrected chi connectivity index (χ4v) is 3.68. The molecule has 0 atom stereocenters. The van der Waals surface area contributed by atoms with E-state index in [1.54, 1.807) is 11.8 Å². The summed E-state index contributed by atoms with van der Waals surface area (Å²) >= 11 is 13.3. The van der Waals surface area contributed by atoms with Crippen LogP contribution in [0, 0.1) is 0 Å². The lowest BCUT2D eigenvalue weighted by Crippen LogP contribution is -2.44. The number of thioether (sulfide) groups is 1. The molecule has 2 heterocycles. The summed E-state index contributed by atoms with van der Waals surface area (Å²) in [6, 6.07) is 7.78. The Morgan fingerprint density at radius 2 is 2.09 bits per heavy atom. The van der Waals surface area contributed by atoms with E-state index < -0.39 is 0 Å². The summed E-state index contributed by atoms with van der Waals surface area (Å²) in [7, 11) is 0. The number of aromatic nitrogens is 3. The largest absolute Gasteiger partial charge is 0.355 e. The van der Waals surface area contributed by atoms with E-state index in [9.17, 15) is 0 Å². The normalized spacial score (nSPS) is 14.9. The first kappa shape index (κ1) is 16.7. The van der Waals surface area contributed by atoms with E-state index in [4.69, 9.17) is 23.8 Å². The first-order valence-electron chi connectivity index (χ1n) is 7.47. The number of halogens is 1. The molecular formula is C15H18ClN5S2. The molecule has 8 heteroatoms. The van der Waals surface area contributed by atoms with Gasteiger partial charge >= 0.3 is 0 Å². The van der Waals surface area contributed by atoms with Crippen LogP contribution in [-0.4, -0.2) is 50.4 Å². The minimum absolute atomic E-state index is 0.625. The number of hydrogen-bond acceptors (Lipinski definition) is 5. The van der Waals surface area contributed by atoms with Gasteiger partial charge in [-0.05, 0) is 11.6 Å². The molecule has 3 rings (SSSR count). The molecule has 1 aromatic carbocycles. The SMILES string of the molecule is S=C(SCc1cn(Cc2ccccc2Cl)nn1)N1CCNCC1. The quantitative estimate of drug-likeness (QED) is 0.837. The van der Waals surface area contributed by atoms with Crippen molar-refractivity contribution in [3.8, 4) is 0 Å². The summed E-state index contributed by atoms with van der Waals surface area (Å²) in [5.74, 6) is 0.741. The standard InChI is InChI=1S/C15H18ClN5S2/c16-14-4-2-1-3-12(14)9-21-10-13(18-19-21)11-23-15(22)20-7-5-17-6-8-20/h1-4,10,17H,5-9,11H2. The molecule has 0 radical (unpaired) electrons. The Hall–Kier alpha value is -1.15. The molecule has 0 bridgehead atoms. The Morgan fingerprint density at radius 3 is 2.87 bits per heavy atom.